The Morgan fingerprint density at radius 3 is 2.53 bits per heavy atom. The molecule has 1 aromatic heterocycles. The number of nitrogens with one attached hydrogen (secondary N) is 1. The van der Waals surface area contributed by atoms with Crippen molar-refractivity contribution in [2.24, 2.45) is 0 Å². The molecule has 0 fully saturated rings. The van der Waals surface area contributed by atoms with Crippen molar-refractivity contribution in [3.05, 3.63) is 82.3 Å². The first-order valence-electron chi connectivity index (χ1n) is 9.44. The molecule has 154 valence electrons. The quantitative estimate of drug-likeness (QED) is 0.538. The van der Waals surface area contributed by atoms with E-state index in [2.05, 4.69) is 10.4 Å². The van der Waals surface area contributed by atoms with Gasteiger partial charge in [-0.05, 0) is 43.7 Å². The van der Waals surface area contributed by atoms with E-state index in [0.717, 1.165) is 22.4 Å². The van der Waals surface area contributed by atoms with Crippen LogP contribution in [0.3, 0.4) is 0 Å². The van der Waals surface area contributed by atoms with E-state index >= 15 is 0 Å². The number of fused-ring (bicyclic) bond motifs is 1. The zero-order valence-electron chi connectivity index (χ0n) is 16.7. The molecule has 0 unspecified atom stereocenters. The van der Waals surface area contributed by atoms with Gasteiger partial charge in [0.15, 0.2) is 0 Å². The Labute approximate surface area is 187 Å². The van der Waals surface area contributed by atoms with E-state index in [1.165, 1.54) is 17.0 Å². The average Bonchev–Trinajstić information content (AvgIpc) is 3.01. The first-order valence-corrected chi connectivity index (χ1v) is 10.4. The van der Waals surface area contributed by atoms with Crippen molar-refractivity contribution in [3.63, 3.8) is 0 Å². The number of carbonyl (C=O) groups excluding carboxylic acids is 2. The van der Waals surface area contributed by atoms with Gasteiger partial charge in [-0.1, -0.05) is 29.8 Å². The van der Waals surface area contributed by atoms with Gasteiger partial charge in [-0.3, -0.25) is 14.5 Å². The molecule has 1 N–H and O–H groups in total. The summed E-state index contributed by atoms with van der Waals surface area (Å²) in [7, 11) is 1.67. The summed E-state index contributed by atoms with van der Waals surface area (Å²) in [5, 5.41) is 7.40. The van der Waals surface area contributed by atoms with Gasteiger partial charge in [-0.25, -0.2) is 4.39 Å². The molecule has 0 spiro atoms. The highest BCUT2D eigenvalue weighted by Gasteiger charge is 2.44. The SMILES string of the molecule is Cc1cccc(C(=O)N[C@@H]2C(=O)N(C)c3c(c(C)nn3I)[C@@H]2c2ccc(F)cc2)c1. The van der Waals surface area contributed by atoms with Gasteiger partial charge in [0.25, 0.3) is 11.8 Å². The second kappa shape index (κ2) is 7.82. The number of aromatic nitrogens is 2. The molecule has 0 aliphatic carbocycles. The molecule has 3 aromatic rings. The van der Waals surface area contributed by atoms with Gasteiger partial charge in [-0.15, -0.1) is 0 Å². The molecule has 4 rings (SSSR count). The Morgan fingerprint density at radius 1 is 1.17 bits per heavy atom. The lowest BCUT2D eigenvalue weighted by atomic mass is 9.81. The molecule has 0 saturated carbocycles. The van der Waals surface area contributed by atoms with Crippen LogP contribution >= 0.6 is 22.9 Å². The number of likely N-dealkylation sites (N-methyl/N-ethyl adjacent to an activating group) is 1. The number of hydrogen-bond acceptors (Lipinski definition) is 3. The highest BCUT2D eigenvalue weighted by Crippen LogP contribution is 2.42. The van der Waals surface area contributed by atoms with Crippen LogP contribution in [-0.4, -0.2) is 32.9 Å². The van der Waals surface area contributed by atoms with Crippen molar-refractivity contribution < 1.29 is 14.0 Å². The maximum Gasteiger partial charge on any atom is 0.251 e. The van der Waals surface area contributed by atoms with E-state index in [0.29, 0.717) is 11.4 Å². The fraction of sp³-hybridized carbons (Fsp3) is 0.227. The van der Waals surface area contributed by atoms with Gasteiger partial charge in [0.2, 0.25) is 0 Å². The van der Waals surface area contributed by atoms with Crippen LogP contribution in [0.25, 0.3) is 0 Å². The van der Waals surface area contributed by atoms with E-state index in [1.807, 2.05) is 42.8 Å². The number of halogens is 2. The minimum atomic E-state index is -0.847. The van der Waals surface area contributed by atoms with E-state index in [-0.39, 0.29) is 17.6 Å². The maximum absolute atomic E-state index is 13.6. The van der Waals surface area contributed by atoms with Crippen LogP contribution in [0.2, 0.25) is 0 Å². The molecule has 6 nitrogen and oxygen atoms in total. The Morgan fingerprint density at radius 2 is 1.87 bits per heavy atom. The lowest BCUT2D eigenvalue weighted by Crippen LogP contribution is -2.54. The lowest BCUT2D eigenvalue weighted by Gasteiger charge is -2.36. The van der Waals surface area contributed by atoms with Gasteiger partial charge in [0.1, 0.15) is 17.7 Å². The fourth-order valence-corrected chi connectivity index (χ4v) is 4.88. The average molecular weight is 518 g/mol. The van der Waals surface area contributed by atoms with Crippen LogP contribution < -0.4 is 10.2 Å². The monoisotopic (exact) mass is 518 g/mol. The molecule has 8 heteroatoms. The number of aryl methyl sites for hydroxylation is 2. The first-order chi connectivity index (χ1) is 14.3. The van der Waals surface area contributed by atoms with Crippen molar-refractivity contribution in [3.8, 4) is 0 Å². The van der Waals surface area contributed by atoms with Crippen LogP contribution in [0.1, 0.15) is 38.7 Å². The molecule has 0 saturated heterocycles. The van der Waals surface area contributed by atoms with Crippen LogP contribution in [0, 0.1) is 19.7 Å². The molecule has 1 aliphatic rings. The molecule has 2 aromatic carbocycles. The normalized spacial score (nSPS) is 18.3. The van der Waals surface area contributed by atoms with Crippen LogP contribution in [0.15, 0.2) is 48.5 Å². The summed E-state index contributed by atoms with van der Waals surface area (Å²) in [5.41, 5.74) is 3.77. The molecular weight excluding hydrogens is 498 g/mol. The number of rotatable bonds is 3. The number of hydrogen-bond donors (Lipinski definition) is 1. The summed E-state index contributed by atoms with van der Waals surface area (Å²) in [5.74, 6) is -0.772. The number of benzene rings is 2. The van der Waals surface area contributed by atoms with Crippen molar-refractivity contribution in [2.75, 3.05) is 11.9 Å². The zero-order chi connectivity index (χ0) is 21.6. The van der Waals surface area contributed by atoms with Crippen molar-refractivity contribution in [1.29, 1.82) is 0 Å². The van der Waals surface area contributed by atoms with Gasteiger partial charge in [-0.2, -0.15) is 7.99 Å². The van der Waals surface area contributed by atoms with E-state index in [9.17, 15) is 14.0 Å². The molecule has 2 amide bonds. The van der Waals surface area contributed by atoms with Crippen molar-refractivity contribution >= 4 is 40.5 Å². The minimum absolute atomic E-state index is 0.254. The van der Waals surface area contributed by atoms with Gasteiger partial charge in [0, 0.05) is 24.1 Å². The van der Waals surface area contributed by atoms with E-state index < -0.39 is 12.0 Å². The van der Waals surface area contributed by atoms with Gasteiger partial charge < -0.3 is 5.32 Å². The third kappa shape index (κ3) is 3.49. The second-order valence-corrected chi connectivity index (χ2v) is 8.34. The smallest absolute Gasteiger partial charge is 0.251 e. The van der Waals surface area contributed by atoms with Gasteiger partial charge in [0.05, 0.1) is 28.6 Å². The van der Waals surface area contributed by atoms with Crippen LogP contribution in [0.4, 0.5) is 10.2 Å². The molecule has 2 atom stereocenters. The highest BCUT2D eigenvalue weighted by atomic mass is 127. The predicted octanol–water partition coefficient (Wildman–Crippen LogP) is 3.74. The highest BCUT2D eigenvalue weighted by molar-refractivity contribution is 14.1. The Kier molecular flexibility index (Phi) is 5.35. The second-order valence-electron chi connectivity index (χ2n) is 7.43. The molecular formula is C22H20FIN4O2. The van der Waals surface area contributed by atoms with Gasteiger partial charge >= 0.3 is 0 Å². The number of nitrogens with zero attached hydrogens (tertiary/aromatic N) is 3. The minimum Gasteiger partial charge on any atom is -0.339 e. The topological polar surface area (TPSA) is 67.2 Å². The summed E-state index contributed by atoms with van der Waals surface area (Å²) in [6.45, 7) is 3.77. The van der Waals surface area contributed by atoms with E-state index in [1.54, 1.807) is 40.3 Å². The molecule has 0 radical (unpaired) electrons. The van der Waals surface area contributed by atoms with Crippen molar-refractivity contribution in [1.82, 2.24) is 13.3 Å². The molecule has 2 heterocycles. The largest absolute Gasteiger partial charge is 0.339 e. The third-order valence-corrected chi connectivity index (χ3v) is 6.07. The fourth-order valence-electron chi connectivity index (χ4n) is 3.97. The molecule has 30 heavy (non-hydrogen) atoms. The van der Waals surface area contributed by atoms with E-state index in [4.69, 9.17) is 0 Å². The first kappa shape index (κ1) is 20.5. The van der Waals surface area contributed by atoms with Crippen LogP contribution in [-0.2, 0) is 4.79 Å². The summed E-state index contributed by atoms with van der Waals surface area (Å²) in [4.78, 5) is 27.8. The third-order valence-electron chi connectivity index (χ3n) is 5.40. The summed E-state index contributed by atoms with van der Waals surface area (Å²) >= 11 is 2.03. The van der Waals surface area contributed by atoms with Crippen LogP contribution in [0.5, 0.6) is 0 Å². The predicted molar refractivity (Wildman–Crippen MR) is 120 cm³/mol. The summed E-state index contributed by atoms with van der Waals surface area (Å²) in [6.07, 6.45) is 0. The molecule has 0 bridgehead atoms. The number of amides is 2. The summed E-state index contributed by atoms with van der Waals surface area (Å²) < 4.78 is 15.2. The Balaban J connectivity index is 1.82. The van der Waals surface area contributed by atoms with Crippen molar-refractivity contribution in [2.45, 2.75) is 25.8 Å². The zero-order valence-corrected chi connectivity index (χ0v) is 18.8. The summed E-state index contributed by atoms with van der Waals surface area (Å²) in [6, 6.07) is 12.4. The molecule has 1 aliphatic heterocycles. The number of carbonyl (C=O) groups is 2. The maximum atomic E-state index is 13.6. The number of anilines is 1. The standard InChI is InChI=1S/C22H20FIN4O2/c1-12-5-4-6-15(11-12)20(29)25-19-18(14-7-9-16(23)10-8-14)17-13(2)26-28(24)21(17)27(3)22(19)30/h4-11,18-19H,1-3H3,(H,25,29)/t18-,19-/m0/s1. The Bertz CT molecular complexity index is 1140. The Hall–Kier alpha value is -2.75. The lowest BCUT2D eigenvalue weighted by molar-refractivity contribution is -0.120.